The molecule has 0 atom stereocenters. The molecular formula is C18H9NO4S. The molecule has 116 valence electrons. The first-order chi connectivity index (χ1) is 11.5. The SMILES string of the molecule is O=C1NC(=O)C(=Cc2ccc3c(c2)C(=O)c2ccccc2C3=O)S1. The average molecular weight is 335 g/mol. The van der Waals surface area contributed by atoms with Crippen molar-refractivity contribution in [1.29, 1.82) is 0 Å². The predicted octanol–water partition coefficient (Wildman–Crippen LogP) is 2.79. The number of hydrogen-bond acceptors (Lipinski definition) is 5. The standard InChI is InChI=1S/C18H9NO4S/c20-15-10-3-1-2-4-11(10)16(21)13-7-9(5-6-12(13)15)8-14-17(22)19-18(23)24-14/h1-8H,(H,19,22,23). The lowest BCUT2D eigenvalue weighted by Gasteiger charge is -2.17. The summed E-state index contributed by atoms with van der Waals surface area (Å²) in [6.45, 7) is 0. The summed E-state index contributed by atoms with van der Waals surface area (Å²) < 4.78 is 0. The van der Waals surface area contributed by atoms with Crippen LogP contribution in [0.4, 0.5) is 4.79 Å². The maximum absolute atomic E-state index is 12.6. The smallest absolute Gasteiger partial charge is 0.289 e. The molecular weight excluding hydrogens is 326 g/mol. The molecule has 1 aliphatic carbocycles. The van der Waals surface area contributed by atoms with Gasteiger partial charge in [0.15, 0.2) is 11.6 Å². The molecule has 0 spiro atoms. The first-order valence-electron chi connectivity index (χ1n) is 7.12. The number of rotatable bonds is 1. The summed E-state index contributed by atoms with van der Waals surface area (Å²) in [5, 5.41) is 1.75. The Bertz CT molecular complexity index is 990. The normalized spacial score (nSPS) is 17.8. The van der Waals surface area contributed by atoms with Crippen molar-refractivity contribution in [3.05, 3.63) is 75.2 Å². The fraction of sp³-hybridized carbons (Fsp3) is 0. The van der Waals surface area contributed by atoms with Crippen LogP contribution in [0.3, 0.4) is 0 Å². The van der Waals surface area contributed by atoms with E-state index in [0.29, 0.717) is 27.8 Å². The molecule has 0 saturated carbocycles. The van der Waals surface area contributed by atoms with Crippen molar-refractivity contribution in [2.24, 2.45) is 0 Å². The summed E-state index contributed by atoms with van der Waals surface area (Å²) in [5.41, 5.74) is 2.02. The molecule has 0 bridgehead atoms. The van der Waals surface area contributed by atoms with Crippen LogP contribution in [-0.2, 0) is 4.79 Å². The van der Waals surface area contributed by atoms with Crippen molar-refractivity contribution >= 4 is 40.6 Å². The van der Waals surface area contributed by atoms with E-state index < -0.39 is 11.1 Å². The Labute approximate surface area is 140 Å². The minimum absolute atomic E-state index is 0.192. The maximum Gasteiger partial charge on any atom is 0.290 e. The Morgan fingerprint density at radius 1 is 0.792 bits per heavy atom. The van der Waals surface area contributed by atoms with Crippen LogP contribution in [0.15, 0.2) is 47.4 Å². The Kier molecular flexibility index (Phi) is 3.21. The van der Waals surface area contributed by atoms with Gasteiger partial charge in [-0.15, -0.1) is 0 Å². The van der Waals surface area contributed by atoms with Crippen LogP contribution in [0.1, 0.15) is 37.4 Å². The molecule has 2 aromatic rings. The van der Waals surface area contributed by atoms with Crippen molar-refractivity contribution in [1.82, 2.24) is 5.32 Å². The monoisotopic (exact) mass is 335 g/mol. The third-order valence-electron chi connectivity index (χ3n) is 3.89. The lowest BCUT2D eigenvalue weighted by atomic mass is 9.83. The van der Waals surface area contributed by atoms with Crippen LogP contribution >= 0.6 is 11.8 Å². The van der Waals surface area contributed by atoms with Crippen LogP contribution in [0.5, 0.6) is 0 Å². The summed E-state index contributed by atoms with van der Waals surface area (Å²) in [6.07, 6.45) is 1.53. The zero-order valence-electron chi connectivity index (χ0n) is 12.2. The van der Waals surface area contributed by atoms with Gasteiger partial charge in [0.25, 0.3) is 11.1 Å². The molecule has 6 heteroatoms. The predicted molar refractivity (Wildman–Crippen MR) is 88.9 cm³/mol. The highest BCUT2D eigenvalue weighted by Crippen LogP contribution is 2.30. The molecule has 1 N–H and O–H groups in total. The molecule has 1 aliphatic heterocycles. The fourth-order valence-corrected chi connectivity index (χ4v) is 3.46. The van der Waals surface area contributed by atoms with E-state index in [9.17, 15) is 19.2 Å². The number of nitrogens with one attached hydrogen (secondary N) is 1. The zero-order chi connectivity index (χ0) is 16.8. The van der Waals surface area contributed by atoms with Crippen LogP contribution in [-0.4, -0.2) is 22.7 Å². The largest absolute Gasteiger partial charge is 0.290 e. The van der Waals surface area contributed by atoms with Gasteiger partial charge in [-0.2, -0.15) is 0 Å². The molecule has 5 nitrogen and oxygen atoms in total. The van der Waals surface area contributed by atoms with Crippen LogP contribution < -0.4 is 5.32 Å². The average Bonchev–Trinajstić information content (AvgIpc) is 2.90. The number of fused-ring (bicyclic) bond motifs is 2. The molecule has 0 radical (unpaired) electrons. The quantitative estimate of drug-likeness (QED) is 0.692. The summed E-state index contributed by atoms with van der Waals surface area (Å²) in [7, 11) is 0. The Hall–Kier alpha value is -2.99. The molecule has 0 aromatic heterocycles. The third-order valence-corrected chi connectivity index (χ3v) is 4.70. The highest BCUT2D eigenvalue weighted by Gasteiger charge is 2.30. The van der Waals surface area contributed by atoms with Crippen LogP contribution in [0, 0.1) is 0 Å². The number of imide groups is 1. The minimum Gasteiger partial charge on any atom is -0.289 e. The molecule has 2 aliphatic rings. The number of benzene rings is 2. The van der Waals surface area contributed by atoms with E-state index in [0.717, 1.165) is 11.8 Å². The number of hydrogen-bond donors (Lipinski definition) is 1. The topological polar surface area (TPSA) is 80.3 Å². The number of thioether (sulfide) groups is 1. The molecule has 2 amide bonds. The minimum atomic E-state index is -0.463. The zero-order valence-corrected chi connectivity index (χ0v) is 13.0. The van der Waals surface area contributed by atoms with E-state index in [4.69, 9.17) is 0 Å². The summed E-state index contributed by atoms with van der Waals surface area (Å²) >= 11 is 0.805. The molecule has 1 fully saturated rings. The summed E-state index contributed by atoms with van der Waals surface area (Å²) in [4.78, 5) is 48.3. The van der Waals surface area contributed by atoms with Crippen molar-refractivity contribution in [2.75, 3.05) is 0 Å². The van der Waals surface area contributed by atoms with Gasteiger partial charge >= 0.3 is 0 Å². The lowest BCUT2D eigenvalue weighted by molar-refractivity contribution is -0.115. The van der Waals surface area contributed by atoms with Gasteiger partial charge in [-0.3, -0.25) is 24.5 Å². The molecule has 4 rings (SSSR count). The second-order valence-corrected chi connectivity index (χ2v) is 6.38. The van der Waals surface area contributed by atoms with E-state index in [2.05, 4.69) is 5.32 Å². The van der Waals surface area contributed by atoms with Crippen LogP contribution in [0.25, 0.3) is 6.08 Å². The van der Waals surface area contributed by atoms with Crippen molar-refractivity contribution in [3.8, 4) is 0 Å². The Morgan fingerprint density at radius 3 is 2.04 bits per heavy atom. The molecule has 1 heterocycles. The number of carbonyl (C=O) groups excluding carboxylic acids is 4. The van der Waals surface area contributed by atoms with Gasteiger partial charge in [0, 0.05) is 22.3 Å². The highest BCUT2D eigenvalue weighted by molar-refractivity contribution is 8.18. The first-order valence-corrected chi connectivity index (χ1v) is 7.93. The van der Waals surface area contributed by atoms with Gasteiger partial charge in [-0.05, 0) is 35.5 Å². The third kappa shape index (κ3) is 2.19. The molecule has 0 unspecified atom stereocenters. The van der Waals surface area contributed by atoms with Gasteiger partial charge in [0.1, 0.15) is 0 Å². The van der Waals surface area contributed by atoms with Crippen molar-refractivity contribution < 1.29 is 19.2 Å². The van der Waals surface area contributed by atoms with Crippen molar-refractivity contribution in [2.45, 2.75) is 0 Å². The van der Waals surface area contributed by atoms with E-state index in [-0.39, 0.29) is 16.5 Å². The van der Waals surface area contributed by atoms with Gasteiger partial charge in [-0.1, -0.05) is 30.3 Å². The maximum atomic E-state index is 12.6. The van der Waals surface area contributed by atoms with Gasteiger partial charge in [0.05, 0.1) is 4.91 Å². The first kappa shape index (κ1) is 14.6. The second kappa shape index (κ2) is 5.28. The molecule has 2 aromatic carbocycles. The van der Waals surface area contributed by atoms with E-state index in [1.807, 2.05) is 0 Å². The number of carbonyl (C=O) groups is 4. The lowest BCUT2D eigenvalue weighted by Crippen LogP contribution is -2.20. The number of amides is 2. The number of ketones is 2. The van der Waals surface area contributed by atoms with Crippen molar-refractivity contribution in [3.63, 3.8) is 0 Å². The van der Waals surface area contributed by atoms with Gasteiger partial charge in [-0.25, -0.2) is 0 Å². The van der Waals surface area contributed by atoms with E-state index >= 15 is 0 Å². The second-order valence-electron chi connectivity index (χ2n) is 5.36. The summed E-state index contributed by atoms with van der Waals surface area (Å²) in [5.74, 6) is -0.877. The van der Waals surface area contributed by atoms with Crippen LogP contribution in [0.2, 0.25) is 0 Å². The molecule has 24 heavy (non-hydrogen) atoms. The van der Waals surface area contributed by atoms with E-state index in [1.54, 1.807) is 42.5 Å². The van der Waals surface area contributed by atoms with E-state index in [1.165, 1.54) is 6.08 Å². The Balaban J connectivity index is 1.80. The van der Waals surface area contributed by atoms with Gasteiger partial charge in [0.2, 0.25) is 0 Å². The summed E-state index contributed by atoms with van der Waals surface area (Å²) in [6, 6.07) is 11.5. The molecule has 1 saturated heterocycles. The Morgan fingerprint density at radius 2 is 1.42 bits per heavy atom. The highest BCUT2D eigenvalue weighted by atomic mass is 32.2. The fourth-order valence-electron chi connectivity index (χ4n) is 2.78. The van der Waals surface area contributed by atoms with Gasteiger partial charge < -0.3 is 0 Å².